The van der Waals surface area contributed by atoms with Gasteiger partial charge in [-0.2, -0.15) is 0 Å². The van der Waals surface area contributed by atoms with Crippen molar-refractivity contribution in [1.82, 2.24) is 0 Å². The van der Waals surface area contributed by atoms with E-state index >= 15 is 0 Å². The molecule has 1 unspecified atom stereocenters. The topological polar surface area (TPSA) is 49.4 Å². The number of amides is 2. The van der Waals surface area contributed by atoms with Crippen LogP contribution >= 0.6 is 11.6 Å². The van der Waals surface area contributed by atoms with E-state index in [0.717, 1.165) is 34.5 Å². The molecule has 1 heterocycles. The number of carbonyl (C=O) groups is 2. The van der Waals surface area contributed by atoms with Gasteiger partial charge < -0.3 is 10.2 Å². The monoisotopic (exact) mass is 370 g/mol. The van der Waals surface area contributed by atoms with Gasteiger partial charge in [0.2, 0.25) is 11.8 Å². The molecule has 1 atom stereocenters. The third-order valence-electron chi connectivity index (χ3n) is 4.95. The molecule has 0 saturated carbocycles. The molecule has 136 valence electrons. The van der Waals surface area contributed by atoms with Crippen molar-refractivity contribution in [2.75, 3.05) is 16.8 Å². The summed E-state index contributed by atoms with van der Waals surface area (Å²) in [6.45, 7) is 6.33. The van der Waals surface area contributed by atoms with Gasteiger partial charge in [-0.05, 0) is 49.1 Å². The number of hydrogen-bond acceptors (Lipinski definition) is 2. The Balaban J connectivity index is 1.76. The van der Waals surface area contributed by atoms with Crippen LogP contribution in [-0.4, -0.2) is 18.4 Å². The van der Waals surface area contributed by atoms with Crippen molar-refractivity contribution in [2.24, 2.45) is 5.92 Å². The quantitative estimate of drug-likeness (QED) is 0.860. The van der Waals surface area contributed by atoms with Crippen LogP contribution in [-0.2, 0) is 16.0 Å². The molecule has 1 N–H and O–H groups in total. The highest BCUT2D eigenvalue weighted by atomic mass is 35.5. The van der Waals surface area contributed by atoms with Crippen LogP contribution in [0.2, 0.25) is 5.02 Å². The molecule has 3 rings (SSSR count). The van der Waals surface area contributed by atoms with E-state index in [4.69, 9.17) is 11.6 Å². The van der Waals surface area contributed by atoms with Crippen LogP contribution in [0, 0.1) is 19.8 Å². The van der Waals surface area contributed by atoms with E-state index in [1.54, 1.807) is 11.0 Å². The average Bonchev–Trinajstić information content (AvgIpc) is 3.01. The Morgan fingerprint density at radius 1 is 1.23 bits per heavy atom. The van der Waals surface area contributed by atoms with Crippen LogP contribution in [0.1, 0.15) is 30.0 Å². The van der Waals surface area contributed by atoms with Gasteiger partial charge in [0.05, 0.1) is 5.92 Å². The number of aryl methyl sites for hydroxylation is 3. The summed E-state index contributed by atoms with van der Waals surface area (Å²) in [5.74, 6) is -0.527. The third-order valence-corrected chi connectivity index (χ3v) is 5.36. The summed E-state index contributed by atoms with van der Waals surface area (Å²) >= 11 is 6.18. The maximum Gasteiger partial charge on any atom is 0.229 e. The first-order valence-corrected chi connectivity index (χ1v) is 9.24. The Kier molecular flexibility index (Phi) is 5.33. The number of para-hydroxylation sites is 1. The largest absolute Gasteiger partial charge is 0.325 e. The Morgan fingerprint density at radius 2 is 2.00 bits per heavy atom. The van der Waals surface area contributed by atoms with Crippen LogP contribution in [0.4, 0.5) is 11.4 Å². The number of hydrogen-bond donors (Lipinski definition) is 1. The van der Waals surface area contributed by atoms with Gasteiger partial charge in [0.1, 0.15) is 0 Å². The molecular weight excluding hydrogens is 348 g/mol. The zero-order valence-electron chi connectivity index (χ0n) is 15.3. The number of anilines is 2. The summed E-state index contributed by atoms with van der Waals surface area (Å²) in [6, 6.07) is 11.5. The van der Waals surface area contributed by atoms with Crippen LogP contribution in [0.25, 0.3) is 0 Å². The van der Waals surface area contributed by atoms with Gasteiger partial charge in [-0.15, -0.1) is 0 Å². The molecule has 0 bridgehead atoms. The lowest BCUT2D eigenvalue weighted by atomic mass is 10.0. The molecule has 1 saturated heterocycles. The number of nitrogens with zero attached hydrogens (tertiary/aromatic N) is 1. The smallest absolute Gasteiger partial charge is 0.229 e. The number of nitrogens with one attached hydrogen (secondary N) is 1. The second kappa shape index (κ2) is 7.50. The Morgan fingerprint density at radius 3 is 2.69 bits per heavy atom. The number of carbonyl (C=O) groups excluding carboxylic acids is 2. The normalized spacial score (nSPS) is 16.8. The predicted octanol–water partition coefficient (Wildman–Crippen LogP) is 4.51. The molecular formula is C21H23ClN2O2. The molecule has 26 heavy (non-hydrogen) atoms. The maximum atomic E-state index is 12.8. The molecule has 0 spiro atoms. The minimum atomic E-state index is -0.369. The van der Waals surface area contributed by atoms with E-state index in [-0.39, 0.29) is 24.2 Å². The number of rotatable bonds is 4. The lowest BCUT2D eigenvalue weighted by molar-refractivity contribution is -0.122. The lowest BCUT2D eigenvalue weighted by Gasteiger charge is -2.18. The molecule has 5 heteroatoms. The SMILES string of the molecule is CCc1cccc(C)c1NC(=O)C1CC(=O)N(c2ccc(C)c(Cl)c2)C1. The summed E-state index contributed by atoms with van der Waals surface area (Å²) in [4.78, 5) is 26.8. The fraction of sp³-hybridized carbons (Fsp3) is 0.333. The fourth-order valence-corrected chi connectivity index (χ4v) is 3.48. The lowest BCUT2D eigenvalue weighted by Crippen LogP contribution is -2.28. The van der Waals surface area contributed by atoms with Gasteiger partial charge >= 0.3 is 0 Å². The molecule has 0 aromatic heterocycles. The highest BCUT2D eigenvalue weighted by Gasteiger charge is 2.35. The summed E-state index contributed by atoms with van der Waals surface area (Å²) in [5, 5.41) is 3.66. The second-order valence-corrected chi connectivity index (χ2v) is 7.20. The molecule has 0 radical (unpaired) electrons. The first-order valence-electron chi connectivity index (χ1n) is 8.86. The highest BCUT2D eigenvalue weighted by Crippen LogP contribution is 2.30. The van der Waals surface area contributed by atoms with Crippen molar-refractivity contribution in [2.45, 2.75) is 33.6 Å². The predicted molar refractivity (Wildman–Crippen MR) is 106 cm³/mol. The third kappa shape index (κ3) is 3.61. The maximum absolute atomic E-state index is 12.8. The molecule has 1 fully saturated rings. The summed E-state index contributed by atoms with van der Waals surface area (Å²) < 4.78 is 0. The van der Waals surface area contributed by atoms with E-state index in [1.165, 1.54) is 0 Å². The minimum Gasteiger partial charge on any atom is -0.325 e. The van der Waals surface area contributed by atoms with Crippen LogP contribution in [0.15, 0.2) is 36.4 Å². The van der Waals surface area contributed by atoms with Crippen LogP contribution < -0.4 is 10.2 Å². The van der Waals surface area contributed by atoms with Crippen LogP contribution in [0.3, 0.4) is 0 Å². The van der Waals surface area contributed by atoms with Crippen LogP contribution in [0.5, 0.6) is 0 Å². The molecule has 1 aliphatic heterocycles. The van der Waals surface area contributed by atoms with E-state index in [9.17, 15) is 9.59 Å². The molecule has 2 aromatic carbocycles. The molecule has 2 amide bonds. The van der Waals surface area contributed by atoms with Crippen molar-refractivity contribution < 1.29 is 9.59 Å². The second-order valence-electron chi connectivity index (χ2n) is 6.79. The molecule has 4 nitrogen and oxygen atoms in total. The van der Waals surface area contributed by atoms with Crippen molar-refractivity contribution in [3.05, 3.63) is 58.1 Å². The Bertz CT molecular complexity index is 863. The summed E-state index contributed by atoms with van der Waals surface area (Å²) in [6.07, 6.45) is 1.06. The van der Waals surface area contributed by atoms with Gasteiger partial charge in [0.25, 0.3) is 0 Å². The van der Waals surface area contributed by atoms with Crippen molar-refractivity contribution >= 4 is 34.8 Å². The average molecular weight is 371 g/mol. The summed E-state index contributed by atoms with van der Waals surface area (Å²) in [5.41, 5.74) is 4.70. The first-order chi connectivity index (χ1) is 12.4. The van der Waals surface area contributed by atoms with Gasteiger partial charge in [-0.1, -0.05) is 42.8 Å². The van der Waals surface area contributed by atoms with E-state index < -0.39 is 0 Å². The van der Waals surface area contributed by atoms with Crippen molar-refractivity contribution in [1.29, 1.82) is 0 Å². The van der Waals surface area contributed by atoms with Gasteiger partial charge in [0, 0.05) is 29.4 Å². The standard InChI is InChI=1S/C21H23ClN2O2/c1-4-15-7-5-6-14(3)20(15)23-21(26)16-10-19(25)24(12-16)17-9-8-13(2)18(22)11-17/h5-9,11,16H,4,10,12H2,1-3H3,(H,23,26). The van der Waals surface area contributed by atoms with E-state index in [2.05, 4.69) is 12.2 Å². The van der Waals surface area contributed by atoms with Crippen molar-refractivity contribution in [3.63, 3.8) is 0 Å². The van der Waals surface area contributed by atoms with Gasteiger partial charge in [-0.25, -0.2) is 0 Å². The Hall–Kier alpha value is -2.33. The van der Waals surface area contributed by atoms with E-state index in [1.807, 2.05) is 44.2 Å². The van der Waals surface area contributed by atoms with E-state index in [0.29, 0.717) is 11.6 Å². The fourth-order valence-electron chi connectivity index (χ4n) is 3.31. The highest BCUT2D eigenvalue weighted by molar-refractivity contribution is 6.31. The number of benzene rings is 2. The number of halogens is 1. The molecule has 1 aliphatic rings. The summed E-state index contributed by atoms with van der Waals surface area (Å²) in [7, 11) is 0. The molecule has 0 aliphatic carbocycles. The minimum absolute atomic E-state index is 0.0504. The van der Waals surface area contributed by atoms with Crippen molar-refractivity contribution in [3.8, 4) is 0 Å². The first kappa shape index (κ1) is 18.5. The molecule has 2 aromatic rings. The zero-order valence-corrected chi connectivity index (χ0v) is 16.1. The van der Waals surface area contributed by atoms with Gasteiger partial charge in [-0.3, -0.25) is 9.59 Å². The zero-order chi connectivity index (χ0) is 18.8. The Labute approximate surface area is 159 Å². The van der Waals surface area contributed by atoms with Gasteiger partial charge in [0.15, 0.2) is 0 Å².